The van der Waals surface area contributed by atoms with Gasteiger partial charge >= 0.3 is 0 Å². The summed E-state index contributed by atoms with van der Waals surface area (Å²) in [5.41, 5.74) is 8.30. The lowest BCUT2D eigenvalue weighted by Gasteiger charge is -2.23. The SMILES string of the molecule is Cc1ccc(C(O)CN)c2c1COCO2. The molecule has 0 fully saturated rings. The molecule has 2 rings (SSSR count). The Hall–Kier alpha value is -1.10. The Morgan fingerprint density at radius 1 is 1.53 bits per heavy atom. The molecule has 0 spiro atoms. The molecule has 1 atom stereocenters. The third-order valence-corrected chi connectivity index (χ3v) is 2.64. The molecule has 0 saturated heterocycles. The number of nitrogens with two attached hydrogens (primary N) is 1. The van der Waals surface area contributed by atoms with E-state index in [1.807, 2.05) is 19.1 Å². The lowest BCUT2D eigenvalue weighted by molar-refractivity contribution is -0.0188. The second-order valence-corrected chi connectivity index (χ2v) is 3.64. The lowest BCUT2D eigenvalue weighted by Crippen LogP contribution is -2.18. The fourth-order valence-corrected chi connectivity index (χ4v) is 1.73. The van der Waals surface area contributed by atoms with Crippen LogP contribution in [0.2, 0.25) is 0 Å². The van der Waals surface area contributed by atoms with Gasteiger partial charge in [-0.15, -0.1) is 0 Å². The van der Waals surface area contributed by atoms with Crippen molar-refractivity contribution in [1.29, 1.82) is 0 Å². The number of rotatable bonds is 2. The maximum Gasteiger partial charge on any atom is 0.189 e. The van der Waals surface area contributed by atoms with Crippen molar-refractivity contribution in [1.82, 2.24) is 0 Å². The first kappa shape index (κ1) is 10.4. The number of benzene rings is 1. The molecule has 4 heteroatoms. The van der Waals surface area contributed by atoms with E-state index < -0.39 is 6.10 Å². The van der Waals surface area contributed by atoms with Crippen molar-refractivity contribution < 1.29 is 14.6 Å². The predicted octanol–water partition coefficient (Wildman–Crippen LogP) is 0.854. The first-order valence-electron chi connectivity index (χ1n) is 4.95. The number of ether oxygens (including phenoxy) is 2. The minimum atomic E-state index is -0.669. The summed E-state index contributed by atoms with van der Waals surface area (Å²) >= 11 is 0. The Morgan fingerprint density at radius 3 is 3.07 bits per heavy atom. The molecule has 0 aliphatic carbocycles. The van der Waals surface area contributed by atoms with Gasteiger partial charge in [-0.3, -0.25) is 0 Å². The molecule has 4 nitrogen and oxygen atoms in total. The Kier molecular flexibility index (Phi) is 2.90. The van der Waals surface area contributed by atoms with Crippen LogP contribution in [0.4, 0.5) is 0 Å². The smallest absolute Gasteiger partial charge is 0.189 e. The second kappa shape index (κ2) is 4.18. The first-order valence-corrected chi connectivity index (χ1v) is 4.95. The van der Waals surface area contributed by atoms with Crippen LogP contribution in [0.5, 0.6) is 5.75 Å². The molecular weight excluding hydrogens is 194 g/mol. The average molecular weight is 209 g/mol. The van der Waals surface area contributed by atoms with Crippen molar-refractivity contribution in [2.75, 3.05) is 13.3 Å². The molecule has 1 aliphatic rings. The first-order chi connectivity index (χ1) is 7.24. The van der Waals surface area contributed by atoms with Gasteiger partial charge < -0.3 is 20.3 Å². The van der Waals surface area contributed by atoms with Gasteiger partial charge in [0.25, 0.3) is 0 Å². The zero-order valence-corrected chi connectivity index (χ0v) is 8.69. The highest BCUT2D eigenvalue weighted by Crippen LogP contribution is 2.34. The second-order valence-electron chi connectivity index (χ2n) is 3.64. The number of aryl methyl sites for hydroxylation is 1. The molecule has 1 aliphatic heterocycles. The standard InChI is InChI=1S/C11H15NO3/c1-7-2-3-8(10(13)4-12)11-9(7)5-14-6-15-11/h2-3,10,13H,4-6,12H2,1H3. The summed E-state index contributed by atoms with van der Waals surface area (Å²) in [6.45, 7) is 2.96. The van der Waals surface area contributed by atoms with Crippen molar-refractivity contribution in [2.24, 2.45) is 5.73 Å². The third-order valence-electron chi connectivity index (χ3n) is 2.64. The van der Waals surface area contributed by atoms with Gasteiger partial charge in [-0.25, -0.2) is 0 Å². The molecule has 0 saturated carbocycles. The summed E-state index contributed by atoms with van der Waals surface area (Å²) in [7, 11) is 0. The quantitative estimate of drug-likeness (QED) is 0.758. The average Bonchev–Trinajstić information content (AvgIpc) is 2.29. The molecule has 3 N–H and O–H groups in total. The topological polar surface area (TPSA) is 64.7 Å². The van der Waals surface area contributed by atoms with Crippen molar-refractivity contribution in [3.8, 4) is 5.75 Å². The Labute approximate surface area is 88.6 Å². The lowest BCUT2D eigenvalue weighted by atomic mass is 9.99. The van der Waals surface area contributed by atoms with Gasteiger partial charge in [-0.1, -0.05) is 12.1 Å². The Balaban J connectivity index is 2.48. The molecule has 0 bridgehead atoms. The Bertz CT molecular complexity index is 365. The van der Waals surface area contributed by atoms with Crippen LogP contribution in [-0.4, -0.2) is 18.4 Å². The molecule has 1 aromatic carbocycles. The molecule has 82 valence electrons. The summed E-state index contributed by atoms with van der Waals surface area (Å²) in [4.78, 5) is 0. The van der Waals surface area contributed by atoms with Gasteiger partial charge in [0, 0.05) is 17.7 Å². The van der Waals surface area contributed by atoms with E-state index in [1.54, 1.807) is 0 Å². The number of hydrogen-bond acceptors (Lipinski definition) is 4. The zero-order valence-electron chi connectivity index (χ0n) is 8.69. The number of aliphatic hydroxyl groups excluding tert-OH is 1. The molecule has 15 heavy (non-hydrogen) atoms. The van der Waals surface area contributed by atoms with Crippen LogP contribution in [0.1, 0.15) is 22.8 Å². The van der Waals surface area contributed by atoms with Crippen LogP contribution in [0.3, 0.4) is 0 Å². The highest BCUT2D eigenvalue weighted by molar-refractivity contribution is 5.47. The maximum absolute atomic E-state index is 9.73. The fourth-order valence-electron chi connectivity index (χ4n) is 1.73. The zero-order chi connectivity index (χ0) is 10.8. The van der Waals surface area contributed by atoms with Crippen LogP contribution >= 0.6 is 0 Å². The van der Waals surface area contributed by atoms with Crippen molar-refractivity contribution >= 4 is 0 Å². The van der Waals surface area contributed by atoms with E-state index in [4.69, 9.17) is 15.2 Å². The number of aliphatic hydroxyl groups is 1. The van der Waals surface area contributed by atoms with E-state index in [9.17, 15) is 5.11 Å². The molecule has 1 heterocycles. The minimum Gasteiger partial charge on any atom is -0.467 e. The monoisotopic (exact) mass is 209 g/mol. The van der Waals surface area contributed by atoms with Gasteiger partial charge in [0.05, 0.1) is 12.7 Å². The molecule has 0 aromatic heterocycles. The molecule has 0 radical (unpaired) electrons. The van der Waals surface area contributed by atoms with Crippen LogP contribution in [0.25, 0.3) is 0 Å². The summed E-state index contributed by atoms with van der Waals surface area (Å²) in [6, 6.07) is 3.81. The van der Waals surface area contributed by atoms with Crippen molar-refractivity contribution in [3.05, 3.63) is 28.8 Å². The van der Waals surface area contributed by atoms with Crippen molar-refractivity contribution in [2.45, 2.75) is 19.6 Å². The van der Waals surface area contributed by atoms with E-state index in [2.05, 4.69) is 0 Å². The fraction of sp³-hybridized carbons (Fsp3) is 0.455. The van der Waals surface area contributed by atoms with E-state index in [-0.39, 0.29) is 13.3 Å². The Morgan fingerprint density at radius 2 is 2.33 bits per heavy atom. The van der Waals surface area contributed by atoms with Gasteiger partial charge in [0.2, 0.25) is 0 Å². The van der Waals surface area contributed by atoms with E-state index in [0.29, 0.717) is 6.61 Å². The minimum absolute atomic E-state index is 0.194. The highest BCUT2D eigenvalue weighted by atomic mass is 16.7. The number of hydrogen-bond donors (Lipinski definition) is 2. The van der Waals surface area contributed by atoms with E-state index in [0.717, 1.165) is 22.4 Å². The van der Waals surface area contributed by atoms with Gasteiger partial charge in [-0.2, -0.15) is 0 Å². The van der Waals surface area contributed by atoms with Crippen LogP contribution in [-0.2, 0) is 11.3 Å². The largest absolute Gasteiger partial charge is 0.467 e. The van der Waals surface area contributed by atoms with Crippen LogP contribution < -0.4 is 10.5 Å². The van der Waals surface area contributed by atoms with Gasteiger partial charge in [0.15, 0.2) is 6.79 Å². The predicted molar refractivity (Wildman–Crippen MR) is 55.5 cm³/mol. The summed E-state index contributed by atoms with van der Waals surface area (Å²) in [6.07, 6.45) is -0.669. The molecule has 0 amide bonds. The summed E-state index contributed by atoms with van der Waals surface area (Å²) < 4.78 is 10.6. The molecular formula is C11H15NO3. The van der Waals surface area contributed by atoms with Crippen LogP contribution in [0, 0.1) is 6.92 Å². The van der Waals surface area contributed by atoms with E-state index in [1.165, 1.54) is 0 Å². The van der Waals surface area contributed by atoms with Crippen LogP contribution in [0.15, 0.2) is 12.1 Å². The molecule has 1 aromatic rings. The van der Waals surface area contributed by atoms with Gasteiger partial charge in [0.1, 0.15) is 5.75 Å². The van der Waals surface area contributed by atoms with Gasteiger partial charge in [-0.05, 0) is 12.5 Å². The third kappa shape index (κ3) is 1.84. The highest BCUT2D eigenvalue weighted by Gasteiger charge is 2.20. The normalized spacial score (nSPS) is 16.7. The maximum atomic E-state index is 9.73. The number of fused-ring (bicyclic) bond motifs is 1. The van der Waals surface area contributed by atoms with E-state index >= 15 is 0 Å². The van der Waals surface area contributed by atoms with Crippen molar-refractivity contribution in [3.63, 3.8) is 0 Å². The summed E-state index contributed by atoms with van der Waals surface area (Å²) in [5, 5.41) is 9.73. The summed E-state index contributed by atoms with van der Waals surface area (Å²) in [5.74, 6) is 0.735. The molecule has 1 unspecified atom stereocenters.